The lowest BCUT2D eigenvalue weighted by molar-refractivity contribution is 0.565. The highest BCUT2D eigenvalue weighted by Crippen LogP contribution is 2.31. The molecule has 1 unspecified atom stereocenters. The van der Waals surface area contributed by atoms with Gasteiger partial charge in [-0.05, 0) is 24.3 Å². The molecule has 0 saturated carbocycles. The fourth-order valence-electron chi connectivity index (χ4n) is 1.53. The molecule has 1 aliphatic rings. The maximum atomic E-state index is 9.99. The zero-order chi connectivity index (χ0) is 9.80. The molecule has 72 valence electrons. The number of nitrogens with zero attached hydrogens (tertiary/aromatic N) is 2. The third kappa shape index (κ3) is 2.03. The molecule has 0 aromatic carbocycles. The topological polar surface area (TPSA) is 42.3 Å². The van der Waals surface area contributed by atoms with Crippen LogP contribution in [0.3, 0.4) is 0 Å². The van der Waals surface area contributed by atoms with E-state index < -0.39 is 0 Å². The predicted molar refractivity (Wildman–Crippen MR) is 56.7 cm³/mol. The van der Waals surface area contributed by atoms with E-state index in [4.69, 9.17) is 0 Å². The molecular weight excluding hydrogens is 196 g/mol. The maximum Gasteiger partial charge on any atom is 0.240 e. The van der Waals surface area contributed by atoms with Crippen molar-refractivity contribution in [1.82, 2.24) is 4.98 Å². The second kappa shape index (κ2) is 4.40. The minimum Gasteiger partial charge on any atom is -0.259 e. The van der Waals surface area contributed by atoms with Crippen LogP contribution in [0.4, 0.5) is 5.69 Å². The lowest BCUT2D eigenvalue weighted by atomic mass is 10.0. The smallest absolute Gasteiger partial charge is 0.240 e. The van der Waals surface area contributed by atoms with Gasteiger partial charge in [0.15, 0.2) is 0 Å². The summed E-state index contributed by atoms with van der Waals surface area (Å²) in [6.07, 6.45) is 4.33. The fraction of sp³-hybridized carbons (Fsp3) is 0.400. The zero-order valence-electron chi connectivity index (χ0n) is 7.64. The molecule has 0 bridgehead atoms. The Hall–Kier alpha value is -1.12. The minimum atomic E-state index is 0.578. The van der Waals surface area contributed by atoms with Gasteiger partial charge in [0.2, 0.25) is 6.08 Å². The Morgan fingerprint density at radius 3 is 3.07 bits per heavy atom. The van der Waals surface area contributed by atoms with Crippen LogP contribution in [-0.4, -0.2) is 22.6 Å². The Morgan fingerprint density at radius 1 is 1.57 bits per heavy atom. The average Bonchev–Trinajstić information content (AvgIpc) is 2.72. The van der Waals surface area contributed by atoms with E-state index in [2.05, 4.69) is 9.98 Å². The largest absolute Gasteiger partial charge is 0.259 e. The first-order chi connectivity index (χ1) is 6.90. The van der Waals surface area contributed by atoms with E-state index in [0.29, 0.717) is 11.6 Å². The van der Waals surface area contributed by atoms with Gasteiger partial charge in [0, 0.05) is 17.4 Å². The second-order valence-corrected chi connectivity index (χ2v) is 4.35. The molecule has 0 N–H and O–H groups in total. The molecule has 0 aliphatic carbocycles. The maximum absolute atomic E-state index is 9.99. The number of rotatable bonds is 2. The molecule has 0 amide bonds. The third-order valence-corrected chi connectivity index (χ3v) is 3.46. The van der Waals surface area contributed by atoms with Crippen molar-refractivity contribution in [3.63, 3.8) is 0 Å². The summed E-state index contributed by atoms with van der Waals surface area (Å²) in [4.78, 5) is 17.8. The monoisotopic (exact) mass is 206 g/mol. The van der Waals surface area contributed by atoms with Crippen molar-refractivity contribution in [2.45, 2.75) is 12.3 Å². The molecular formula is C10H10N2OS. The molecule has 1 atom stereocenters. The normalized spacial score (nSPS) is 20.4. The first-order valence-corrected chi connectivity index (χ1v) is 5.67. The van der Waals surface area contributed by atoms with E-state index in [1.807, 2.05) is 23.9 Å². The van der Waals surface area contributed by atoms with Gasteiger partial charge < -0.3 is 0 Å². The lowest BCUT2D eigenvalue weighted by Crippen LogP contribution is -1.98. The SMILES string of the molecule is O=C=Nc1ccc(C2CCSC2)nc1. The van der Waals surface area contributed by atoms with Crippen molar-refractivity contribution in [3.05, 3.63) is 24.0 Å². The van der Waals surface area contributed by atoms with Crippen LogP contribution in [0.5, 0.6) is 0 Å². The Bertz CT molecular complexity index is 351. The summed E-state index contributed by atoms with van der Waals surface area (Å²) >= 11 is 1.97. The highest BCUT2D eigenvalue weighted by Gasteiger charge is 2.18. The molecule has 2 rings (SSSR count). The van der Waals surface area contributed by atoms with Crippen LogP contribution in [0.2, 0.25) is 0 Å². The molecule has 1 aromatic heterocycles. The van der Waals surface area contributed by atoms with Crippen LogP contribution in [0, 0.1) is 0 Å². The van der Waals surface area contributed by atoms with Crippen molar-refractivity contribution in [2.75, 3.05) is 11.5 Å². The number of hydrogen-bond donors (Lipinski definition) is 0. The molecule has 1 aliphatic heterocycles. The number of isocyanates is 1. The van der Waals surface area contributed by atoms with Crippen LogP contribution in [0.25, 0.3) is 0 Å². The van der Waals surface area contributed by atoms with E-state index in [9.17, 15) is 4.79 Å². The molecule has 0 radical (unpaired) electrons. The molecule has 14 heavy (non-hydrogen) atoms. The highest BCUT2D eigenvalue weighted by atomic mass is 32.2. The summed E-state index contributed by atoms with van der Waals surface area (Å²) in [7, 11) is 0. The number of pyridine rings is 1. The van der Waals surface area contributed by atoms with Gasteiger partial charge in [-0.25, -0.2) is 4.79 Å². The van der Waals surface area contributed by atoms with Crippen LogP contribution < -0.4 is 0 Å². The molecule has 1 aromatic rings. The molecule has 3 nitrogen and oxygen atoms in total. The Morgan fingerprint density at radius 2 is 2.50 bits per heavy atom. The molecule has 0 spiro atoms. The summed E-state index contributed by atoms with van der Waals surface area (Å²) in [5, 5.41) is 0. The van der Waals surface area contributed by atoms with Gasteiger partial charge in [-0.15, -0.1) is 0 Å². The standard InChI is InChI=1S/C10H10N2OS/c13-7-12-9-1-2-10(11-5-9)8-3-4-14-6-8/h1-2,5,8H,3-4,6H2. The lowest BCUT2D eigenvalue weighted by Gasteiger charge is -2.06. The van der Waals surface area contributed by atoms with Crippen molar-refractivity contribution < 1.29 is 4.79 Å². The average molecular weight is 206 g/mol. The van der Waals surface area contributed by atoms with Crippen LogP contribution in [0.1, 0.15) is 18.0 Å². The van der Waals surface area contributed by atoms with Gasteiger partial charge in [0.25, 0.3) is 0 Å². The van der Waals surface area contributed by atoms with Gasteiger partial charge in [0.1, 0.15) is 0 Å². The zero-order valence-corrected chi connectivity index (χ0v) is 8.46. The number of carbonyl (C=O) groups excluding carboxylic acids is 1. The molecule has 2 heterocycles. The molecule has 1 saturated heterocycles. The molecule has 4 heteroatoms. The van der Waals surface area contributed by atoms with E-state index in [1.54, 1.807) is 6.20 Å². The Balaban J connectivity index is 2.16. The number of hydrogen-bond acceptors (Lipinski definition) is 4. The van der Waals surface area contributed by atoms with Gasteiger partial charge in [-0.1, -0.05) is 0 Å². The highest BCUT2D eigenvalue weighted by molar-refractivity contribution is 7.99. The van der Waals surface area contributed by atoms with Crippen LogP contribution >= 0.6 is 11.8 Å². The number of aromatic nitrogens is 1. The second-order valence-electron chi connectivity index (χ2n) is 3.20. The quantitative estimate of drug-likeness (QED) is 0.550. The fourth-order valence-corrected chi connectivity index (χ4v) is 2.77. The summed E-state index contributed by atoms with van der Waals surface area (Å²) in [5.74, 6) is 2.96. The first kappa shape index (κ1) is 9.44. The van der Waals surface area contributed by atoms with Gasteiger partial charge >= 0.3 is 0 Å². The summed E-state index contributed by atoms with van der Waals surface area (Å²) < 4.78 is 0. The minimum absolute atomic E-state index is 0.578. The van der Waals surface area contributed by atoms with E-state index in [0.717, 1.165) is 11.4 Å². The van der Waals surface area contributed by atoms with E-state index >= 15 is 0 Å². The first-order valence-electron chi connectivity index (χ1n) is 4.52. The van der Waals surface area contributed by atoms with Crippen LogP contribution in [0.15, 0.2) is 23.3 Å². The molecule has 1 fully saturated rings. The Kier molecular flexibility index (Phi) is 2.96. The predicted octanol–water partition coefficient (Wildman–Crippen LogP) is 2.27. The van der Waals surface area contributed by atoms with Crippen molar-refractivity contribution in [1.29, 1.82) is 0 Å². The van der Waals surface area contributed by atoms with Crippen LogP contribution in [-0.2, 0) is 4.79 Å². The van der Waals surface area contributed by atoms with Crippen molar-refractivity contribution in [2.24, 2.45) is 4.99 Å². The summed E-state index contributed by atoms with van der Waals surface area (Å²) in [6, 6.07) is 3.77. The van der Waals surface area contributed by atoms with Gasteiger partial charge in [-0.2, -0.15) is 16.8 Å². The van der Waals surface area contributed by atoms with E-state index in [1.165, 1.54) is 18.3 Å². The Labute approximate surface area is 86.6 Å². The van der Waals surface area contributed by atoms with Gasteiger partial charge in [0.05, 0.1) is 11.9 Å². The summed E-state index contributed by atoms with van der Waals surface area (Å²) in [5.41, 5.74) is 1.69. The van der Waals surface area contributed by atoms with E-state index in [-0.39, 0.29) is 0 Å². The number of thioether (sulfide) groups is 1. The summed E-state index contributed by atoms with van der Waals surface area (Å²) in [6.45, 7) is 0. The van der Waals surface area contributed by atoms with Gasteiger partial charge in [-0.3, -0.25) is 4.98 Å². The number of aliphatic imine (C=N–C) groups is 1. The third-order valence-electron chi connectivity index (χ3n) is 2.29. The van der Waals surface area contributed by atoms with Crippen molar-refractivity contribution in [3.8, 4) is 0 Å². The van der Waals surface area contributed by atoms with Crippen molar-refractivity contribution >= 4 is 23.5 Å².